The smallest absolute Gasteiger partial charge is 0.240 e. The number of nitrogens with one attached hydrogen (secondary N) is 1. The summed E-state index contributed by atoms with van der Waals surface area (Å²) >= 11 is 0. The van der Waals surface area contributed by atoms with Gasteiger partial charge in [0, 0.05) is 6.04 Å². The molecular formula is C18H28N2O3. The molecule has 1 heterocycles. The van der Waals surface area contributed by atoms with Gasteiger partial charge < -0.3 is 5.32 Å². The van der Waals surface area contributed by atoms with Crippen LogP contribution in [-0.2, 0) is 14.4 Å². The van der Waals surface area contributed by atoms with Gasteiger partial charge in [0.1, 0.15) is 6.54 Å². The van der Waals surface area contributed by atoms with Crippen molar-refractivity contribution in [2.24, 2.45) is 11.8 Å². The Morgan fingerprint density at radius 2 is 1.30 bits per heavy atom. The highest BCUT2D eigenvalue weighted by Gasteiger charge is 2.48. The summed E-state index contributed by atoms with van der Waals surface area (Å²) in [5.41, 5.74) is 0. The Morgan fingerprint density at radius 3 is 1.87 bits per heavy atom. The van der Waals surface area contributed by atoms with Crippen molar-refractivity contribution in [2.45, 2.75) is 76.7 Å². The van der Waals surface area contributed by atoms with Crippen LogP contribution in [0.25, 0.3) is 0 Å². The van der Waals surface area contributed by atoms with Crippen molar-refractivity contribution in [2.75, 3.05) is 6.54 Å². The molecule has 3 fully saturated rings. The lowest BCUT2D eigenvalue weighted by atomic mass is 9.81. The Labute approximate surface area is 138 Å². The SMILES string of the molecule is O=C(CN1C(=O)[C@H]2CCCC[C@@H]2C1=O)NC1CCCCCCC1. The maximum absolute atomic E-state index is 12.4. The van der Waals surface area contributed by atoms with Gasteiger partial charge in [0.2, 0.25) is 17.7 Å². The molecular weight excluding hydrogens is 292 g/mol. The van der Waals surface area contributed by atoms with E-state index in [1.54, 1.807) is 0 Å². The molecule has 0 spiro atoms. The molecule has 0 aromatic rings. The average molecular weight is 320 g/mol. The standard InChI is InChI=1S/C18H28N2O3/c21-16(19-13-8-4-2-1-3-5-9-13)12-20-17(22)14-10-6-7-11-15(14)18(20)23/h13-15H,1-12H2,(H,19,21)/t14-,15-/m0/s1. The van der Waals surface area contributed by atoms with E-state index in [9.17, 15) is 14.4 Å². The van der Waals surface area contributed by atoms with Crippen molar-refractivity contribution < 1.29 is 14.4 Å². The van der Waals surface area contributed by atoms with Crippen LogP contribution in [-0.4, -0.2) is 35.2 Å². The summed E-state index contributed by atoms with van der Waals surface area (Å²) in [7, 11) is 0. The third-order valence-electron chi connectivity index (χ3n) is 5.70. The van der Waals surface area contributed by atoms with E-state index in [2.05, 4.69) is 5.32 Å². The molecule has 2 saturated carbocycles. The molecule has 5 heteroatoms. The first-order valence-electron chi connectivity index (χ1n) is 9.31. The minimum Gasteiger partial charge on any atom is -0.352 e. The van der Waals surface area contributed by atoms with Crippen LogP contribution in [0.4, 0.5) is 0 Å². The molecule has 1 saturated heterocycles. The van der Waals surface area contributed by atoms with Gasteiger partial charge in [-0.2, -0.15) is 0 Å². The zero-order valence-corrected chi connectivity index (χ0v) is 13.9. The molecule has 3 amide bonds. The number of fused-ring (bicyclic) bond motifs is 1. The van der Waals surface area contributed by atoms with Gasteiger partial charge in [0.05, 0.1) is 11.8 Å². The van der Waals surface area contributed by atoms with Gasteiger partial charge in [0.15, 0.2) is 0 Å². The minimum absolute atomic E-state index is 0.0822. The van der Waals surface area contributed by atoms with Crippen LogP contribution in [0.3, 0.4) is 0 Å². The molecule has 2 aliphatic carbocycles. The highest BCUT2D eigenvalue weighted by molar-refractivity contribution is 6.07. The number of carbonyl (C=O) groups is 3. The molecule has 2 atom stereocenters. The molecule has 1 N–H and O–H groups in total. The third kappa shape index (κ3) is 3.75. The van der Waals surface area contributed by atoms with E-state index in [-0.39, 0.29) is 42.1 Å². The third-order valence-corrected chi connectivity index (χ3v) is 5.70. The quantitative estimate of drug-likeness (QED) is 0.812. The topological polar surface area (TPSA) is 66.5 Å². The van der Waals surface area contributed by atoms with Crippen molar-refractivity contribution >= 4 is 17.7 Å². The zero-order valence-electron chi connectivity index (χ0n) is 13.9. The number of hydrogen-bond donors (Lipinski definition) is 1. The lowest BCUT2D eigenvalue weighted by Crippen LogP contribution is -2.44. The van der Waals surface area contributed by atoms with Gasteiger partial charge in [-0.05, 0) is 25.7 Å². The van der Waals surface area contributed by atoms with E-state index in [1.165, 1.54) is 24.2 Å². The highest BCUT2D eigenvalue weighted by atomic mass is 16.2. The first kappa shape index (κ1) is 16.5. The lowest BCUT2D eigenvalue weighted by molar-refractivity contribution is -0.143. The number of imide groups is 1. The summed E-state index contributed by atoms with van der Waals surface area (Å²) in [5.74, 6) is -0.730. The lowest BCUT2D eigenvalue weighted by Gasteiger charge is -2.22. The minimum atomic E-state index is -0.170. The van der Waals surface area contributed by atoms with Crippen LogP contribution >= 0.6 is 0 Å². The molecule has 0 radical (unpaired) electrons. The first-order chi connectivity index (χ1) is 11.2. The largest absolute Gasteiger partial charge is 0.352 e. The van der Waals surface area contributed by atoms with Crippen LogP contribution in [0.1, 0.15) is 70.6 Å². The van der Waals surface area contributed by atoms with E-state index >= 15 is 0 Å². The van der Waals surface area contributed by atoms with E-state index in [0.29, 0.717) is 0 Å². The Bertz CT molecular complexity index is 445. The normalized spacial score (nSPS) is 29.8. The maximum Gasteiger partial charge on any atom is 0.240 e. The number of carbonyl (C=O) groups excluding carboxylic acids is 3. The van der Waals surface area contributed by atoms with Crippen molar-refractivity contribution in [1.82, 2.24) is 10.2 Å². The zero-order chi connectivity index (χ0) is 16.2. The number of likely N-dealkylation sites (tertiary alicyclic amines) is 1. The van der Waals surface area contributed by atoms with Crippen LogP contribution in [0.5, 0.6) is 0 Å². The van der Waals surface area contributed by atoms with E-state index in [4.69, 9.17) is 0 Å². The molecule has 5 nitrogen and oxygen atoms in total. The monoisotopic (exact) mass is 320 g/mol. The number of amides is 3. The summed E-state index contributed by atoms with van der Waals surface area (Å²) in [5, 5.41) is 3.05. The summed E-state index contributed by atoms with van der Waals surface area (Å²) in [4.78, 5) is 38.3. The van der Waals surface area contributed by atoms with Gasteiger partial charge in [-0.1, -0.05) is 44.9 Å². The summed E-state index contributed by atoms with van der Waals surface area (Å²) < 4.78 is 0. The van der Waals surface area contributed by atoms with Gasteiger partial charge in [-0.25, -0.2) is 0 Å². The molecule has 0 aromatic heterocycles. The molecule has 0 aromatic carbocycles. The van der Waals surface area contributed by atoms with Crippen molar-refractivity contribution in [3.63, 3.8) is 0 Å². The van der Waals surface area contributed by atoms with Crippen LogP contribution in [0.2, 0.25) is 0 Å². The van der Waals surface area contributed by atoms with Gasteiger partial charge >= 0.3 is 0 Å². The molecule has 3 aliphatic rings. The number of hydrogen-bond acceptors (Lipinski definition) is 3. The summed E-state index contributed by atoms with van der Waals surface area (Å²) in [6.07, 6.45) is 11.7. The fourth-order valence-electron chi connectivity index (χ4n) is 4.40. The Morgan fingerprint density at radius 1 is 0.826 bits per heavy atom. The second-order valence-electron chi connectivity index (χ2n) is 7.37. The second kappa shape index (κ2) is 7.45. The molecule has 23 heavy (non-hydrogen) atoms. The van der Waals surface area contributed by atoms with Crippen LogP contribution in [0, 0.1) is 11.8 Å². The molecule has 3 rings (SSSR count). The molecule has 128 valence electrons. The van der Waals surface area contributed by atoms with E-state index in [0.717, 1.165) is 51.4 Å². The fraction of sp³-hybridized carbons (Fsp3) is 0.833. The van der Waals surface area contributed by atoms with Gasteiger partial charge in [-0.15, -0.1) is 0 Å². The molecule has 0 unspecified atom stereocenters. The maximum atomic E-state index is 12.4. The van der Waals surface area contributed by atoms with Crippen molar-refractivity contribution in [1.29, 1.82) is 0 Å². The Balaban J connectivity index is 1.54. The van der Waals surface area contributed by atoms with Gasteiger partial charge in [-0.3, -0.25) is 19.3 Å². The Hall–Kier alpha value is -1.39. The van der Waals surface area contributed by atoms with Crippen LogP contribution in [0.15, 0.2) is 0 Å². The molecule has 0 bridgehead atoms. The van der Waals surface area contributed by atoms with Crippen molar-refractivity contribution in [3.8, 4) is 0 Å². The second-order valence-corrected chi connectivity index (χ2v) is 7.37. The van der Waals surface area contributed by atoms with Crippen LogP contribution < -0.4 is 5.32 Å². The number of nitrogens with zero attached hydrogens (tertiary/aromatic N) is 1. The summed E-state index contributed by atoms with van der Waals surface area (Å²) in [6.45, 7) is -0.0822. The highest BCUT2D eigenvalue weighted by Crippen LogP contribution is 2.37. The van der Waals surface area contributed by atoms with E-state index < -0.39 is 0 Å². The average Bonchev–Trinajstić information content (AvgIpc) is 2.75. The summed E-state index contributed by atoms with van der Waals surface area (Å²) in [6, 6.07) is 0.206. The number of rotatable bonds is 3. The predicted molar refractivity (Wildman–Crippen MR) is 86.4 cm³/mol. The van der Waals surface area contributed by atoms with Gasteiger partial charge in [0.25, 0.3) is 0 Å². The van der Waals surface area contributed by atoms with E-state index in [1.807, 2.05) is 0 Å². The molecule has 1 aliphatic heterocycles. The fourth-order valence-corrected chi connectivity index (χ4v) is 4.40. The first-order valence-corrected chi connectivity index (χ1v) is 9.31. The van der Waals surface area contributed by atoms with Crippen molar-refractivity contribution in [3.05, 3.63) is 0 Å². The Kier molecular flexibility index (Phi) is 5.34. The predicted octanol–water partition coefficient (Wildman–Crippen LogP) is 2.39.